The molecule has 120 valence electrons. The molecule has 1 amide bonds. The maximum absolute atomic E-state index is 12.6. The number of amides is 1. The maximum atomic E-state index is 12.6. The van der Waals surface area contributed by atoms with Crippen molar-refractivity contribution in [2.24, 2.45) is 5.92 Å². The van der Waals surface area contributed by atoms with Crippen LogP contribution in [0.5, 0.6) is 5.75 Å². The summed E-state index contributed by atoms with van der Waals surface area (Å²) in [5.74, 6) is -0.221. The Bertz CT molecular complexity index is 553. The first kappa shape index (κ1) is 16.6. The van der Waals surface area contributed by atoms with Crippen molar-refractivity contribution in [1.29, 1.82) is 0 Å². The normalized spacial score (nSPS) is 15.6. The molecule has 1 aromatic carbocycles. The number of piperidine rings is 1. The van der Waals surface area contributed by atoms with Crippen LogP contribution < -0.4 is 4.74 Å². The van der Waals surface area contributed by atoms with Crippen molar-refractivity contribution in [3.63, 3.8) is 0 Å². The van der Waals surface area contributed by atoms with Crippen LogP contribution in [-0.2, 0) is 4.79 Å². The van der Waals surface area contributed by atoms with Gasteiger partial charge in [-0.2, -0.15) is 0 Å². The zero-order chi connectivity index (χ0) is 16.1. The van der Waals surface area contributed by atoms with E-state index in [1.807, 2.05) is 6.92 Å². The van der Waals surface area contributed by atoms with Crippen molar-refractivity contribution < 1.29 is 19.4 Å². The highest BCUT2D eigenvalue weighted by Crippen LogP contribution is 2.27. The van der Waals surface area contributed by atoms with Crippen LogP contribution in [0, 0.1) is 5.92 Å². The van der Waals surface area contributed by atoms with Crippen molar-refractivity contribution in [3.8, 4) is 5.75 Å². The van der Waals surface area contributed by atoms with Gasteiger partial charge in [0.1, 0.15) is 5.75 Å². The van der Waals surface area contributed by atoms with Crippen molar-refractivity contribution in [2.75, 3.05) is 19.7 Å². The van der Waals surface area contributed by atoms with E-state index in [2.05, 4.69) is 0 Å². The maximum Gasteiger partial charge on any atom is 0.303 e. The lowest BCUT2D eigenvalue weighted by Crippen LogP contribution is -2.39. The molecular weight excluding hydrogens is 306 g/mol. The van der Waals surface area contributed by atoms with Gasteiger partial charge in [0.05, 0.1) is 12.2 Å². The number of aliphatic carboxylic acids is 1. The van der Waals surface area contributed by atoms with Gasteiger partial charge in [-0.25, -0.2) is 0 Å². The first-order valence-corrected chi connectivity index (χ1v) is 7.82. The second-order valence-electron chi connectivity index (χ2n) is 5.41. The van der Waals surface area contributed by atoms with E-state index in [9.17, 15) is 9.59 Å². The predicted octanol–water partition coefficient (Wildman–Crippen LogP) is 3.07. The van der Waals surface area contributed by atoms with Gasteiger partial charge in [-0.05, 0) is 43.9 Å². The average molecular weight is 326 g/mol. The number of halogens is 1. The van der Waals surface area contributed by atoms with Crippen LogP contribution in [0.15, 0.2) is 18.2 Å². The van der Waals surface area contributed by atoms with Gasteiger partial charge in [-0.15, -0.1) is 0 Å². The van der Waals surface area contributed by atoms with Gasteiger partial charge in [0, 0.05) is 24.5 Å². The Morgan fingerprint density at radius 3 is 2.64 bits per heavy atom. The zero-order valence-electron chi connectivity index (χ0n) is 12.5. The Labute approximate surface area is 134 Å². The van der Waals surface area contributed by atoms with E-state index in [1.54, 1.807) is 23.1 Å². The Morgan fingerprint density at radius 2 is 2.05 bits per heavy atom. The molecule has 0 bridgehead atoms. The number of benzene rings is 1. The van der Waals surface area contributed by atoms with Gasteiger partial charge in [0.15, 0.2) is 0 Å². The van der Waals surface area contributed by atoms with Crippen LogP contribution in [0.3, 0.4) is 0 Å². The van der Waals surface area contributed by atoms with Crippen LogP contribution in [-0.4, -0.2) is 41.6 Å². The Hall–Kier alpha value is -1.75. The predicted molar refractivity (Wildman–Crippen MR) is 83.5 cm³/mol. The molecule has 0 spiro atoms. The van der Waals surface area contributed by atoms with Gasteiger partial charge in [0.2, 0.25) is 0 Å². The lowest BCUT2D eigenvalue weighted by atomic mass is 9.93. The molecule has 0 aromatic heterocycles. The minimum atomic E-state index is -0.777. The number of carbonyl (C=O) groups excluding carboxylic acids is 1. The second kappa shape index (κ2) is 7.49. The minimum Gasteiger partial charge on any atom is -0.493 e. The molecule has 6 heteroatoms. The van der Waals surface area contributed by atoms with Crippen LogP contribution in [0.1, 0.15) is 36.5 Å². The molecule has 1 heterocycles. The molecule has 0 unspecified atom stereocenters. The number of nitrogens with zero attached hydrogens (tertiary/aromatic N) is 1. The first-order chi connectivity index (χ1) is 10.5. The largest absolute Gasteiger partial charge is 0.493 e. The molecule has 22 heavy (non-hydrogen) atoms. The van der Waals surface area contributed by atoms with Gasteiger partial charge >= 0.3 is 5.97 Å². The zero-order valence-corrected chi connectivity index (χ0v) is 13.3. The minimum absolute atomic E-state index is 0.0890. The highest BCUT2D eigenvalue weighted by Gasteiger charge is 2.26. The first-order valence-electron chi connectivity index (χ1n) is 7.44. The molecule has 0 atom stereocenters. The van der Waals surface area contributed by atoms with Gasteiger partial charge in [-0.1, -0.05) is 11.6 Å². The molecule has 0 radical (unpaired) electrons. The molecular formula is C16H20ClNO4. The molecule has 1 N–H and O–H groups in total. The number of carbonyl (C=O) groups is 2. The van der Waals surface area contributed by atoms with E-state index in [0.29, 0.717) is 36.0 Å². The number of hydrogen-bond donors (Lipinski definition) is 1. The Morgan fingerprint density at radius 1 is 1.36 bits per heavy atom. The molecule has 2 rings (SSSR count). The summed E-state index contributed by atoms with van der Waals surface area (Å²) in [4.78, 5) is 25.1. The summed E-state index contributed by atoms with van der Waals surface area (Å²) >= 11 is 5.95. The molecule has 1 fully saturated rings. The van der Waals surface area contributed by atoms with Crippen molar-refractivity contribution in [2.45, 2.75) is 26.2 Å². The van der Waals surface area contributed by atoms with E-state index in [-0.39, 0.29) is 18.2 Å². The molecule has 0 aliphatic carbocycles. The quantitative estimate of drug-likeness (QED) is 0.903. The molecule has 1 saturated heterocycles. The van der Waals surface area contributed by atoms with Crippen molar-refractivity contribution in [1.82, 2.24) is 4.90 Å². The smallest absolute Gasteiger partial charge is 0.303 e. The van der Waals surface area contributed by atoms with E-state index in [0.717, 1.165) is 12.8 Å². The number of ether oxygens (including phenoxy) is 1. The lowest BCUT2D eigenvalue weighted by molar-refractivity contribution is -0.138. The van der Waals surface area contributed by atoms with E-state index in [1.165, 1.54) is 0 Å². The number of carboxylic acids is 1. The lowest BCUT2D eigenvalue weighted by Gasteiger charge is -2.31. The Balaban J connectivity index is 2.05. The third kappa shape index (κ3) is 4.13. The van der Waals surface area contributed by atoms with Crippen LogP contribution >= 0.6 is 11.6 Å². The monoisotopic (exact) mass is 325 g/mol. The highest BCUT2D eigenvalue weighted by molar-refractivity contribution is 6.30. The molecule has 5 nitrogen and oxygen atoms in total. The van der Waals surface area contributed by atoms with Crippen LogP contribution in [0.4, 0.5) is 0 Å². The molecule has 1 aliphatic heterocycles. The summed E-state index contributed by atoms with van der Waals surface area (Å²) in [5, 5.41) is 9.36. The fourth-order valence-corrected chi connectivity index (χ4v) is 2.87. The van der Waals surface area contributed by atoms with E-state index < -0.39 is 5.97 Å². The standard InChI is InChI=1S/C16H20ClNO4/c1-2-22-14-10-12(17)3-4-13(14)16(21)18-7-5-11(6-8-18)9-15(19)20/h3-4,10-11H,2,5-9H2,1H3,(H,19,20). The highest BCUT2D eigenvalue weighted by atomic mass is 35.5. The summed E-state index contributed by atoms with van der Waals surface area (Å²) < 4.78 is 5.49. The summed E-state index contributed by atoms with van der Waals surface area (Å²) in [6, 6.07) is 5.00. The third-order valence-electron chi connectivity index (χ3n) is 3.84. The topological polar surface area (TPSA) is 66.8 Å². The number of hydrogen-bond acceptors (Lipinski definition) is 3. The van der Waals surface area contributed by atoms with Crippen molar-refractivity contribution in [3.05, 3.63) is 28.8 Å². The average Bonchev–Trinajstić information content (AvgIpc) is 2.47. The number of rotatable bonds is 5. The Kier molecular flexibility index (Phi) is 5.66. The van der Waals surface area contributed by atoms with Crippen LogP contribution in [0.2, 0.25) is 5.02 Å². The van der Waals surface area contributed by atoms with E-state index in [4.69, 9.17) is 21.4 Å². The number of carboxylic acid groups (broad SMARTS) is 1. The molecule has 1 aromatic rings. The van der Waals surface area contributed by atoms with Crippen molar-refractivity contribution >= 4 is 23.5 Å². The summed E-state index contributed by atoms with van der Waals surface area (Å²) in [6.07, 6.45) is 1.61. The summed E-state index contributed by atoms with van der Waals surface area (Å²) in [6.45, 7) is 3.46. The fourth-order valence-electron chi connectivity index (χ4n) is 2.71. The van der Waals surface area contributed by atoms with Gasteiger partial charge in [0.25, 0.3) is 5.91 Å². The van der Waals surface area contributed by atoms with Gasteiger partial charge in [-0.3, -0.25) is 9.59 Å². The summed E-state index contributed by atoms with van der Waals surface area (Å²) in [5.41, 5.74) is 0.503. The summed E-state index contributed by atoms with van der Waals surface area (Å²) in [7, 11) is 0. The molecule has 1 aliphatic rings. The van der Waals surface area contributed by atoms with Gasteiger partial charge < -0.3 is 14.7 Å². The SMILES string of the molecule is CCOc1cc(Cl)ccc1C(=O)N1CCC(CC(=O)O)CC1. The van der Waals surface area contributed by atoms with Crippen LogP contribution in [0.25, 0.3) is 0 Å². The number of likely N-dealkylation sites (tertiary alicyclic amines) is 1. The molecule has 0 saturated carbocycles. The third-order valence-corrected chi connectivity index (χ3v) is 4.07. The second-order valence-corrected chi connectivity index (χ2v) is 5.84. The fraction of sp³-hybridized carbons (Fsp3) is 0.500. The van der Waals surface area contributed by atoms with E-state index >= 15 is 0 Å².